The molecule has 0 heterocycles. The lowest BCUT2D eigenvalue weighted by Crippen LogP contribution is -2.38. The average molecular weight is 382 g/mol. The van der Waals surface area contributed by atoms with Crippen LogP contribution in [0.2, 0.25) is 0 Å². The Morgan fingerprint density at radius 1 is 1.09 bits per heavy atom. The molecule has 114 valence electrons. The third-order valence-electron chi connectivity index (χ3n) is 3.22. The largest absolute Gasteiger partial charge is 0.459 e. The van der Waals surface area contributed by atoms with Crippen LogP contribution in [-0.2, 0) is 25.8 Å². The summed E-state index contributed by atoms with van der Waals surface area (Å²) in [5.74, 6) is -1.25. The molecule has 0 aromatic heterocycles. The van der Waals surface area contributed by atoms with Crippen LogP contribution in [0.1, 0.15) is 18.1 Å². The monoisotopic (exact) mass is 380 g/mol. The summed E-state index contributed by atoms with van der Waals surface area (Å²) in [6, 6.07) is 15.9. The van der Waals surface area contributed by atoms with Crippen molar-refractivity contribution in [2.75, 3.05) is 0 Å². The lowest BCUT2D eigenvalue weighted by molar-refractivity contribution is -0.151. The predicted molar refractivity (Wildman–Crippen MR) is 88.6 cm³/mol. The number of rotatable bonds is 5. The average Bonchev–Trinajstić information content (AvgIpc) is 2.53. The summed E-state index contributed by atoms with van der Waals surface area (Å²) >= 11 is 9.63. The van der Waals surface area contributed by atoms with Crippen LogP contribution < -0.4 is 0 Å². The first-order valence-electron chi connectivity index (χ1n) is 6.61. The van der Waals surface area contributed by atoms with E-state index in [0.29, 0.717) is 5.56 Å². The molecule has 1 atom stereocenters. The molecule has 0 saturated carbocycles. The molecule has 5 heteroatoms. The van der Waals surface area contributed by atoms with Gasteiger partial charge in [-0.15, -0.1) is 0 Å². The molecule has 0 saturated heterocycles. The van der Waals surface area contributed by atoms with Crippen LogP contribution in [0.4, 0.5) is 0 Å². The Labute approximate surface area is 142 Å². The van der Waals surface area contributed by atoms with Gasteiger partial charge in [0.05, 0.1) is 0 Å². The summed E-state index contributed by atoms with van der Waals surface area (Å²) < 4.78 is 6.07. The molecule has 0 bridgehead atoms. The third-order valence-corrected chi connectivity index (χ3v) is 4.39. The number of ether oxygens (including phenoxy) is 1. The second kappa shape index (κ2) is 7.07. The Morgan fingerprint density at radius 3 is 2.23 bits per heavy atom. The van der Waals surface area contributed by atoms with Crippen LogP contribution in [0.25, 0.3) is 0 Å². The summed E-state index contributed by atoms with van der Waals surface area (Å²) in [6.45, 7) is 1.34. The molecule has 0 aliphatic carbocycles. The number of carbonyl (C=O) groups excluding carboxylic acids is 2. The van der Waals surface area contributed by atoms with Crippen LogP contribution in [0.3, 0.4) is 0 Å². The van der Waals surface area contributed by atoms with Crippen LogP contribution in [-0.4, -0.2) is 11.8 Å². The van der Waals surface area contributed by atoms with E-state index in [2.05, 4.69) is 15.9 Å². The molecule has 2 rings (SSSR count). The molecule has 2 aromatic rings. The predicted octanol–water partition coefficient (Wildman–Crippen LogP) is 4.22. The second-order valence-electron chi connectivity index (χ2n) is 4.78. The molecule has 0 N–H and O–H groups in total. The minimum absolute atomic E-state index is 0.0674. The van der Waals surface area contributed by atoms with Crippen molar-refractivity contribution in [2.24, 2.45) is 0 Å². The number of ketones is 1. The van der Waals surface area contributed by atoms with Crippen LogP contribution in [0.5, 0.6) is 0 Å². The normalized spacial score (nSPS) is 13.2. The molecular weight excluding hydrogens is 368 g/mol. The fourth-order valence-corrected chi connectivity index (χ4v) is 2.41. The van der Waals surface area contributed by atoms with Crippen molar-refractivity contribution in [3.05, 3.63) is 70.2 Å². The number of hydrogen-bond donors (Lipinski definition) is 0. The van der Waals surface area contributed by atoms with Crippen LogP contribution in [0, 0.1) is 0 Å². The Balaban J connectivity index is 2.21. The molecule has 0 aliphatic heterocycles. The number of alkyl halides is 1. The summed E-state index contributed by atoms with van der Waals surface area (Å²) in [6.07, 6.45) is 0. The Kier molecular flexibility index (Phi) is 5.37. The van der Waals surface area contributed by atoms with E-state index in [1.165, 1.54) is 6.92 Å². The van der Waals surface area contributed by atoms with Gasteiger partial charge in [0.25, 0.3) is 0 Å². The van der Waals surface area contributed by atoms with E-state index in [0.717, 1.165) is 10.0 Å². The number of carbonyl (C=O) groups is 2. The Bertz CT molecular complexity index is 670. The van der Waals surface area contributed by atoms with Crippen molar-refractivity contribution >= 4 is 39.3 Å². The van der Waals surface area contributed by atoms with Crippen molar-refractivity contribution < 1.29 is 14.3 Å². The SMILES string of the molecule is CC(=O)C(Cl)(C(=O)OCc1ccccc1)c1ccc(Br)cc1. The van der Waals surface area contributed by atoms with E-state index in [-0.39, 0.29) is 6.61 Å². The van der Waals surface area contributed by atoms with Crippen LogP contribution in [0.15, 0.2) is 59.1 Å². The van der Waals surface area contributed by atoms with Gasteiger partial charge in [-0.1, -0.05) is 70.0 Å². The maximum Gasteiger partial charge on any atom is 0.339 e. The zero-order chi connectivity index (χ0) is 16.2. The molecule has 2 aromatic carbocycles. The molecule has 1 unspecified atom stereocenters. The van der Waals surface area contributed by atoms with Gasteiger partial charge in [0, 0.05) is 4.47 Å². The molecule has 22 heavy (non-hydrogen) atoms. The highest BCUT2D eigenvalue weighted by Gasteiger charge is 2.44. The first kappa shape index (κ1) is 16.7. The number of esters is 1. The van der Waals surface area contributed by atoms with Gasteiger partial charge in [-0.05, 0) is 30.2 Å². The second-order valence-corrected chi connectivity index (χ2v) is 6.27. The molecule has 0 aliphatic rings. The lowest BCUT2D eigenvalue weighted by Gasteiger charge is -2.22. The van der Waals surface area contributed by atoms with E-state index in [9.17, 15) is 9.59 Å². The van der Waals surface area contributed by atoms with Gasteiger partial charge in [-0.25, -0.2) is 4.79 Å². The maximum atomic E-state index is 12.4. The van der Waals surface area contributed by atoms with E-state index < -0.39 is 16.6 Å². The fourth-order valence-electron chi connectivity index (χ4n) is 1.97. The third kappa shape index (κ3) is 3.57. The topological polar surface area (TPSA) is 43.4 Å². The first-order valence-corrected chi connectivity index (χ1v) is 7.79. The first-order chi connectivity index (χ1) is 10.4. The summed E-state index contributed by atoms with van der Waals surface area (Å²) in [5.41, 5.74) is 1.22. The number of benzene rings is 2. The number of halogens is 2. The standard InChI is InChI=1S/C17H14BrClO3/c1-12(20)17(19,14-7-9-15(18)10-8-14)16(21)22-11-13-5-3-2-4-6-13/h2-10H,11H2,1H3. The van der Waals surface area contributed by atoms with Gasteiger partial charge in [-0.2, -0.15) is 0 Å². The van der Waals surface area contributed by atoms with E-state index in [4.69, 9.17) is 16.3 Å². The van der Waals surface area contributed by atoms with Crippen molar-refractivity contribution in [2.45, 2.75) is 18.4 Å². The fraction of sp³-hybridized carbons (Fsp3) is 0.176. The van der Waals surface area contributed by atoms with Crippen molar-refractivity contribution in [3.8, 4) is 0 Å². The van der Waals surface area contributed by atoms with Gasteiger partial charge < -0.3 is 4.74 Å². The number of Topliss-reactive ketones (excluding diaryl/α,β-unsaturated/α-hetero) is 1. The zero-order valence-corrected chi connectivity index (χ0v) is 14.2. The van der Waals surface area contributed by atoms with E-state index >= 15 is 0 Å². The summed E-state index contributed by atoms with van der Waals surface area (Å²) in [7, 11) is 0. The van der Waals surface area contributed by atoms with Gasteiger partial charge in [0.15, 0.2) is 5.78 Å². The van der Waals surface area contributed by atoms with Gasteiger partial charge in [-0.3, -0.25) is 4.79 Å². The highest BCUT2D eigenvalue weighted by Crippen LogP contribution is 2.33. The Morgan fingerprint density at radius 2 is 1.68 bits per heavy atom. The number of hydrogen-bond acceptors (Lipinski definition) is 3. The van der Waals surface area contributed by atoms with Gasteiger partial charge in [0.2, 0.25) is 4.87 Å². The van der Waals surface area contributed by atoms with E-state index in [1.807, 2.05) is 30.3 Å². The van der Waals surface area contributed by atoms with Gasteiger partial charge in [0.1, 0.15) is 6.61 Å². The molecule has 3 nitrogen and oxygen atoms in total. The van der Waals surface area contributed by atoms with Crippen molar-refractivity contribution in [1.82, 2.24) is 0 Å². The molecular formula is C17H14BrClO3. The van der Waals surface area contributed by atoms with E-state index in [1.54, 1.807) is 24.3 Å². The smallest absolute Gasteiger partial charge is 0.339 e. The highest BCUT2D eigenvalue weighted by atomic mass is 79.9. The van der Waals surface area contributed by atoms with Crippen molar-refractivity contribution in [3.63, 3.8) is 0 Å². The highest BCUT2D eigenvalue weighted by molar-refractivity contribution is 9.10. The Hall–Kier alpha value is -1.65. The maximum absolute atomic E-state index is 12.4. The minimum Gasteiger partial charge on any atom is -0.459 e. The van der Waals surface area contributed by atoms with Crippen LogP contribution >= 0.6 is 27.5 Å². The zero-order valence-electron chi connectivity index (χ0n) is 11.9. The van der Waals surface area contributed by atoms with Gasteiger partial charge >= 0.3 is 5.97 Å². The molecule has 0 spiro atoms. The molecule has 0 radical (unpaired) electrons. The molecule has 0 amide bonds. The minimum atomic E-state index is -1.82. The molecule has 0 fully saturated rings. The summed E-state index contributed by atoms with van der Waals surface area (Å²) in [5, 5.41) is 0. The summed E-state index contributed by atoms with van der Waals surface area (Å²) in [4.78, 5) is 22.5. The van der Waals surface area contributed by atoms with Crippen molar-refractivity contribution in [1.29, 1.82) is 0 Å². The quantitative estimate of drug-likeness (QED) is 0.442. The lowest BCUT2D eigenvalue weighted by atomic mass is 9.94.